The predicted octanol–water partition coefficient (Wildman–Crippen LogP) is 3.52. The Morgan fingerprint density at radius 3 is 2.77 bits per heavy atom. The number of nitrogens with one attached hydrogen (secondary N) is 1. The summed E-state index contributed by atoms with van der Waals surface area (Å²) in [6.07, 6.45) is 1.34. The fourth-order valence-electron chi connectivity index (χ4n) is 2.96. The van der Waals surface area contributed by atoms with Gasteiger partial charge in [0.2, 0.25) is 0 Å². The molecule has 0 saturated carbocycles. The molecule has 0 unspecified atom stereocenters. The van der Waals surface area contributed by atoms with Crippen LogP contribution in [0.1, 0.15) is 27.2 Å². The summed E-state index contributed by atoms with van der Waals surface area (Å²) in [7, 11) is -1.74. The summed E-state index contributed by atoms with van der Waals surface area (Å²) in [5.41, 5.74) is 1.05. The SMILES string of the molecule is CC(C)(C)[Si](C)(C)O[C@H]1C[C@@H]2CNc3nnc(Cl)cc3N2C1. The molecule has 0 aliphatic carbocycles. The molecule has 1 saturated heterocycles. The van der Waals surface area contributed by atoms with Gasteiger partial charge in [0.1, 0.15) is 0 Å². The van der Waals surface area contributed by atoms with Crippen LogP contribution in [-0.2, 0) is 4.43 Å². The Morgan fingerprint density at radius 2 is 2.09 bits per heavy atom. The molecule has 1 fully saturated rings. The molecular weight excluding hydrogens is 316 g/mol. The second-order valence-electron chi connectivity index (χ2n) is 7.82. The van der Waals surface area contributed by atoms with E-state index >= 15 is 0 Å². The fourth-order valence-corrected chi connectivity index (χ4v) is 4.46. The molecule has 1 N–H and O–H groups in total. The largest absolute Gasteiger partial charge is 0.412 e. The summed E-state index contributed by atoms with van der Waals surface area (Å²) < 4.78 is 6.60. The highest BCUT2D eigenvalue weighted by Gasteiger charge is 2.43. The lowest BCUT2D eigenvalue weighted by atomic mass is 10.1. The molecule has 122 valence electrons. The van der Waals surface area contributed by atoms with E-state index in [0.29, 0.717) is 11.2 Å². The zero-order valence-electron chi connectivity index (χ0n) is 14.0. The van der Waals surface area contributed by atoms with Crippen LogP contribution in [0, 0.1) is 0 Å². The minimum Gasteiger partial charge on any atom is -0.412 e. The van der Waals surface area contributed by atoms with E-state index in [1.807, 2.05) is 6.07 Å². The minimum absolute atomic E-state index is 0.237. The minimum atomic E-state index is -1.74. The van der Waals surface area contributed by atoms with Gasteiger partial charge in [-0.1, -0.05) is 32.4 Å². The van der Waals surface area contributed by atoms with Gasteiger partial charge in [-0.25, -0.2) is 0 Å². The van der Waals surface area contributed by atoms with Gasteiger partial charge in [0.25, 0.3) is 0 Å². The van der Waals surface area contributed by atoms with Gasteiger partial charge in [0, 0.05) is 25.2 Å². The van der Waals surface area contributed by atoms with Crippen molar-refractivity contribution in [3.05, 3.63) is 11.2 Å². The first-order valence-corrected chi connectivity index (χ1v) is 11.2. The molecule has 3 rings (SSSR count). The van der Waals surface area contributed by atoms with Gasteiger partial charge < -0.3 is 14.6 Å². The third kappa shape index (κ3) is 2.84. The van der Waals surface area contributed by atoms with Gasteiger partial charge in [-0.3, -0.25) is 0 Å². The summed E-state index contributed by atoms with van der Waals surface area (Å²) in [5, 5.41) is 12.1. The van der Waals surface area contributed by atoms with Crippen LogP contribution in [0.15, 0.2) is 6.07 Å². The molecule has 0 aromatic carbocycles. The van der Waals surface area contributed by atoms with Crippen LogP contribution < -0.4 is 10.2 Å². The van der Waals surface area contributed by atoms with Gasteiger partial charge >= 0.3 is 0 Å². The first kappa shape index (κ1) is 16.0. The zero-order valence-corrected chi connectivity index (χ0v) is 15.7. The van der Waals surface area contributed by atoms with Crippen LogP contribution >= 0.6 is 11.6 Å². The van der Waals surface area contributed by atoms with Crippen LogP contribution in [0.25, 0.3) is 0 Å². The van der Waals surface area contributed by atoms with E-state index in [0.717, 1.165) is 31.0 Å². The summed E-state index contributed by atoms with van der Waals surface area (Å²) in [6.45, 7) is 13.3. The predicted molar refractivity (Wildman–Crippen MR) is 93.4 cm³/mol. The lowest BCUT2D eigenvalue weighted by molar-refractivity contribution is 0.199. The topological polar surface area (TPSA) is 50.3 Å². The highest BCUT2D eigenvalue weighted by atomic mass is 35.5. The smallest absolute Gasteiger partial charge is 0.192 e. The van der Waals surface area contributed by atoms with Crippen molar-refractivity contribution >= 4 is 31.4 Å². The number of rotatable bonds is 2. The average molecular weight is 341 g/mol. The highest BCUT2D eigenvalue weighted by Crippen LogP contribution is 2.41. The molecule has 2 aliphatic rings. The van der Waals surface area contributed by atoms with Crippen LogP contribution in [0.4, 0.5) is 11.5 Å². The molecule has 1 aromatic heterocycles. The van der Waals surface area contributed by atoms with Gasteiger partial charge in [-0.05, 0) is 24.6 Å². The van der Waals surface area contributed by atoms with Crippen LogP contribution in [-0.4, -0.2) is 43.8 Å². The second-order valence-corrected chi connectivity index (χ2v) is 13.0. The van der Waals surface area contributed by atoms with Crippen molar-refractivity contribution < 1.29 is 4.43 Å². The lowest BCUT2D eigenvalue weighted by Crippen LogP contribution is -2.44. The fraction of sp³-hybridized carbons (Fsp3) is 0.733. The highest BCUT2D eigenvalue weighted by molar-refractivity contribution is 6.74. The second kappa shape index (κ2) is 5.35. The average Bonchev–Trinajstić information content (AvgIpc) is 2.79. The molecule has 0 spiro atoms. The van der Waals surface area contributed by atoms with Crippen molar-refractivity contribution in [2.24, 2.45) is 0 Å². The Balaban J connectivity index is 1.77. The van der Waals surface area contributed by atoms with Crippen molar-refractivity contribution in [2.75, 3.05) is 23.3 Å². The van der Waals surface area contributed by atoms with Crippen molar-refractivity contribution in [3.8, 4) is 0 Å². The maximum Gasteiger partial charge on any atom is 0.192 e. The number of hydrogen-bond acceptors (Lipinski definition) is 5. The van der Waals surface area contributed by atoms with Gasteiger partial charge in [0.05, 0.1) is 11.8 Å². The third-order valence-corrected chi connectivity index (χ3v) is 9.92. The number of anilines is 2. The maximum atomic E-state index is 6.60. The van der Waals surface area contributed by atoms with Gasteiger partial charge in [0.15, 0.2) is 19.3 Å². The molecule has 22 heavy (non-hydrogen) atoms. The number of hydrogen-bond donors (Lipinski definition) is 1. The summed E-state index contributed by atoms with van der Waals surface area (Å²) >= 11 is 6.02. The number of halogens is 1. The molecule has 2 aliphatic heterocycles. The monoisotopic (exact) mass is 340 g/mol. The van der Waals surface area contributed by atoms with Crippen molar-refractivity contribution in [1.29, 1.82) is 0 Å². The number of fused-ring (bicyclic) bond motifs is 3. The Kier molecular flexibility index (Phi) is 3.90. The normalized spacial score (nSPS) is 24.7. The van der Waals surface area contributed by atoms with Crippen LogP contribution in [0.3, 0.4) is 0 Å². The first-order valence-electron chi connectivity index (χ1n) is 7.89. The van der Waals surface area contributed by atoms with E-state index in [9.17, 15) is 0 Å². The lowest BCUT2D eigenvalue weighted by Gasteiger charge is -2.38. The molecule has 0 radical (unpaired) electrons. The van der Waals surface area contributed by atoms with Gasteiger partial charge in [-0.15, -0.1) is 10.2 Å². The van der Waals surface area contributed by atoms with Crippen LogP contribution in [0.5, 0.6) is 0 Å². The Labute approximate surface area is 138 Å². The van der Waals surface area contributed by atoms with Crippen molar-refractivity contribution in [3.63, 3.8) is 0 Å². The number of aromatic nitrogens is 2. The molecule has 1 aromatic rings. The molecular formula is C15H25ClN4OSi. The maximum absolute atomic E-state index is 6.60. The Bertz CT molecular complexity index is 575. The molecule has 3 heterocycles. The molecule has 5 nitrogen and oxygen atoms in total. The van der Waals surface area contributed by atoms with Gasteiger partial charge in [-0.2, -0.15) is 0 Å². The first-order chi connectivity index (χ1) is 10.2. The van der Waals surface area contributed by atoms with E-state index in [1.165, 1.54) is 0 Å². The zero-order chi connectivity index (χ0) is 16.1. The molecule has 2 atom stereocenters. The van der Waals surface area contributed by atoms with E-state index in [-0.39, 0.29) is 11.1 Å². The Hall–Kier alpha value is -0.853. The van der Waals surface area contributed by atoms with Crippen molar-refractivity contribution in [1.82, 2.24) is 10.2 Å². The summed E-state index contributed by atoms with van der Waals surface area (Å²) in [4.78, 5) is 2.38. The summed E-state index contributed by atoms with van der Waals surface area (Å²) in [6, 6.07) is 2.35. The molecule has 0 bridgehead atoms. The van der Waals surface area contributed by atoms with E-state index in [2.05, 4.69) is 54.3 Å². The third-order valence-electron chi connectivity index (χ3n) is 5.20. The van der Waals surface area contributed by atoms with E-state index < -0.39 is 8.32 Å². The quantitative estimate of drug-likeness (QED) is 0.835. The molecule has 0 amide bonds. The van der Waals surface area contributed by atoms with E-state index in [4.69, 9.17) is 16.0 Å². The van der Waals surface area contributed by atoms with Crippen molar-refractivity contribution in [2.45, 2.75) is 57.5 Å². The standard InChI is InChI=1S/C15H25ClN4OSi/c1-15(2,3)22(4,5)21-11-6-10-8-17-14-12(20(10)9-11)7-13(16)18-19-14/h7,10-11H,6,8-9H2,1-5H3,(H,17,19)/t10-,11+/m1/s1. The van der Waals surface area contributed by atoms with Crippen LogP contribution in [0.2, 0.25) is 23.3 Å². The molecule has 7 heteroatoms. The summed E-state index contributed by atoms with van der Waals surface area (Å²) in [5.74, 6) is 0.827. The van der Waals surface area contributed by atoms with E-state index in [1.54, 1.807) is 0 Å². The Morgan fingerprint density at radius 1 is 1.36 bits per heavy atom. The number of nitrogens with zero attached hydrogens (tertiary/aromatic N) is 3.